The van der Waals surface area contributed by atoms with Crippen molar-refractivity contribution in [2.45, 2.75) is 24.5 Å². The van der Waals surface area contributed by atoms with Crippen molar-refractivity contribution in [1.82, 2.24) is 20.4 Å². The van der Waals surface area contributed by atoms with E-state index >= 15 is 0 Å². The molecule has 1 N–H and O–H groups in total. The van der Waals surface area contributed by atoms with Crippen LogP contribution < -0.4 is 5.32 Å². The molecule has 25 heavy (non-hydrogen) atoms. The molecule has 1 amide bonds. The molecule has 138 valence electrons. The zero-order chi connectivity index (χ0) is 17.5. The van der Waals surface area contributed by atoms with E-state index in [1.807, 2.05) is 0 Å². The molecule has 3 heterocycles. The van der Waals surface area contributed by atoms with E-state index in [0.29, 0.717) is 31.9 Å². The Balaban J connectivity index is 1.50. The number of hydrogen-bond donors (Lipinski definition) is 1. The molecule has 2 atom stereocenters. The van der Waals surface area contributed by atoms with Gasteiger partial charge in [-0.25, -0.2) is 0 Å². The molecule has 0 aliphatic carbocycles. The van der Waals surface area contributed by atoms with Gasteiger partial charge in [0.1, 0.15) is 5.60 Å². The van der Waals surface area contributed by atoms with Gasteiger partial charge >= 0.3 is 0 Å². The van der Waals surface area contributed by atoms with E-state index in [1.54, 1.807) is 13.2 Å². The molecule has 1 spiro atoms. The molecule has 0 aromatic carbocycles. The predicted octanol–water partition coefficient (Wildman–Crippen LogP) is 0.103. The zero-order valence-corrected chi connectivity index (χ0v) is 14.6. The van der Waals surface area contributed by atoms with Crippen LogP contribution in [0.1, 0.15) is 23.2 Å². The van der Waals surface area contributed by atoms with E-state index in [2.05, 4.69) is 20.4 Å². The molecule has 0 unspecified atom stereocenters. The first-order chi connectivity index (χ1) is 12.2. The summed E-state index contributed by atoms with van der Waals surface area (Å²) < 4.78 is 17.3. The molecule has 2 aliphatic heterocycles. The molecule has 8 heteroatoms. The highest BCUT2D eigenvalue weighted by atomic mass is 16.6. The van der Waals surface area contributed by atoms with Crippen molar-refractivity contribution < 1.29 is 19.0 Å². The minimum Gasteiger partial charge on any atom is -0.383 e. The molecule has 0 bridgehead atoms. The highest BCUT2D eigenvalue weighted by Crippen LogP contribution is 2.32. The molecular weight excluding hydrogens is 324 g/mol. The van der Waals surface area contributed by atoms with Crippen LogP contribution in [0.5, 0.6) is 0 Å². The van der Waals surface area contributed by atoms with Crippen LogP contribution in [0.15, 0.2) is 18.5 Å². The molecule has 3 rings (SSSR count). The molecule has 0 saturated carbocycles. The van der Waals surface area contributed by atoms with E-state index in [4.69, 9.17) is 14.2 Å². The number of aromatic nitrogens is 2. The van der Waals surface area contributed by atoms with Gasteiger partial charge in [0.2, 0.25) is 0 Å². The Morgan fingerprint density at radius 2 is 2.44 bits per heavy atom. The molecule has 1 aromatic heterocycles. The molecule has 0 radical (unpaired) electrons. The lowest BCUT2D eigenvalue weighted by Crippen LogP contribution is -2.46. The quantitative estimate of drug-likeness (QED) is 0.779. The first-order valence-corrected chi connectivity index (χ1v) is 8.72. The molecule has 2 saturated heterocycles. The van der Waals surface area contributed by atoms with Gasteiger partial charge in [0, 0.05) is 33.3 Å². The molecule has 2 fully saturated rings. The zero-order valence-electron chi connectivity index (χ0n) is 14.6. The summed E-state index contributed by atoms with van der Waals surface area (Å²) >= 11 is 0. The molecule has 1 aromatic rings. The summed E-state index contributed by atoms with van der Waals surface area (Å²) in [7, 11) is 1.72. The van der Waals surface area contributed by atoms with E-state index in [-0.39, 0.29) is 17.6 Å². The number of nitrogens with one attached hydrogen (secondary N) is 1. The van der Waals surface area contributed by atoms with Gasteiger partial charge in [0.25, 0.3) is 5.91 Å². The van der Waals surface area contributed by atoms with Gasteiger partial charge in [-0.15, -0.1) is 0 Å². The topological polar surface area (TPSA) is 85.8 Å². The Hall–Kier alpha value is -1.61. The van der Waals surface area contributed by atoms with Crippen LogP contribution in [0.4, 0.5) is 0 Å². The average Bonchev–Trinajstić information content (AvgIpc) is 2.93. The fourth-order valence-corrected chi connectivity index (χ4v) is 3.39. The number of amides is 1. The average molecular weight is 350 g/mol. The van der Waals surface area contributed by atoms with Crippen molar-refractivity contribution in [3.8, 4) is 0 Å². The van der Waals surface area contributed by atoms with Crippen molar-refractivity contribution in [1.29, 1.82) is 0 Å². The van der Waals surface area contributed by atoms with Gasteiger partial charge in [0.05, 0.1) is 43.9 Å². The van der Waals surface area contributed by atoms with E-state index in [1.165, 1.54) is 12.4 Å². The van der Waals surface area contributed by atoms with E-state index in [0.717, 1.165) is 32.5 Å². The van der Waals surface area contributed by atoms with Crippen LogP contribution in [0.2, 0.25) is 0 Å². The van der Waals surface area contributed by atoms with Crippen LogP contribution in [-0.2, 0) is 14.2 Å². The molecular formula is C17H26N4O4. The summed E-state index contributed by atoms with van der Waals surface area (Å²) in [5, 5.41) is 10.3. The van der Waals surface area contributed by atoms with Gasteiger partial charge in [-0.1, -0.05) is 0 Å². The fraction of sp³-hybridized carbons (Fsp3) is 0.706. The Bertz CT molecular complexity index is 559. The Morgan fingerprint density at radius 1 is 1.52 bits per heavy atom. The van der Waals surface area contributed by atoms with Crippen molar-refractivity contribution in [3.63, 3.8) is 0 Å². The van der Waals surface area contributed by atoms with Gasteiger partial charge in [0.15, 0.2) is 0 Å². The number of carbonyl (C=O) groups is 1. The third-order valence-corrected chi connectivity index (χ3v) is 4.72. The SMILES string of the molecule is COCCN1CCOC[C@]2(CC[C@@H](CNC(=O)c3ccnnc3)O2)C1. The summed E-state index contributed by atoms with van der Waals surface area (Å²) in [5.74, 6) is -0.154. The summed E-state index contributed by atoms with van der Waals surface area (Å²) in [6.07, 6.45) is 4.82. The van der Waals surface area contributed by atoms with Crippen molar-refractivity contribution in [3.05, 3.63) is 24.0 Å². The Morgan fingerprint density at radius 3 is 3.24 bits per heavy atom. The maximum absolute atomic E-state index is 12.1. The monoisotopic (exact) mass is 350 g/mol. The van der Waals surface area contributed by atoms with Crippen LogP contribution in [0.3, 0.4) is 0 Å². The number of hydrogen-bond acceptors (Lipinski definition) is 7. The number of methoxy groups -OCH3 is 1. The van der Waals surface area contributed by atoms with Crippen LogP contribution >= 0.6 is 0 Å². The van der Waals surface area contributed by atoms with Crippen molar-refractivity contribution in [2.75, 3.05) is 53.1 Å². The van der Waals surface area contributed by atoms with Gasteiger partial charge < -0.3 is 19.5 Å². The number of carbonyl (C=O) groups excluding carboxylic acids is 1. The van der Waals surface area contributed by atoms with Crippen LogP contribution in [0.25, 0.3) is 0 Å². The lowest BCUT2D eigenvalue weighted by atomic mass is 10.00. The van der Waals surface area contributed by atoms with Gasteiger partial charge in [-0.3, -0.25) is 9.69 Å². The summed E-state index contributed by atoms with van der Waals surface area (Å²) in [6.45, 7) is 5.12. The fourth-order valence-electron chi connectivity index (χ4n) is 3.39. The van der Waals surface area contributed by atoms with Crippen LogP contribution in [0, 0.1) is 0 Å². The van der Waals surface area contributed by atoms with E-state index in [9.17, 15) is 4.79 Å². The summed E-state index contributed by atoms with van der Waals surface area (Å²) in [4.78, 5) is 14.4. The third-order valence-electron chi connectivity index (χ3n) is 4.72. The minimum absolute atomic E-state index is 0.00437. The third kappa shape index (κ3) is 4.94. The Labute approximate surface area is 147 Å². The number of nitrogens with zero attached hydrogens (tertiary/aromatic N) is 3. The van der Waals surface area contributed by atoms with Crippen molar-refractivity contribution >= 4 is 5.91 Å². The predicted molar refractivity (Wildman–Crippen MR) is 90.3 cm³/mol. The number of rotatable bonds is 6. The second-order valence-corrected chi connectivity index (χ2v) is 6.62. The maximum Gasteiger partial charge on any atom is 0.253 e. The maximum atomic E-state index is 12.1. The van der Waals surface area contributed by atoms with Crippen LogP contribution in [-0.4, -0.2) is 85.8 Å². The summed E-state index contributed by atoms with van der Waals surface area (Å²) in [6, 6.07) is 1.64. The smallest absolute Gasteiger partial charge is 0.253 e. The largest absolute Gasteiger partial charge is 0.383 e. The minimum atomic E-state index is -0.280. The summed E-state index contributed by atoms with van der Waals surface area (Å²) in [5.41, 5.74) is 0.226. The Kier molecular flexibility index (Phi) is 6.30. The first kappa shape index (κ1) is 18.2. The van der Waals surface area contributed by atoms with Gasteiger partial charge in [-0.2, -0.15) is 10.2 Å². The highest BCUT2D eigenvalue weighted by Gasteiger charge is 2.42. The molecule has 2 aliphatic rings. The number of ether oxygens (including phenoxy) is 3. The van der Waals surface area contributed by atoms with Gasteiger partial charge in [-0.05, 0) is 18.9 Å². The normalized spacial score (nSPS) is 27.3. The lowest BCUT2D eigenvalue weighted by Gasteiger charge is -2.31. The van der Waals surface area contributed by atoms with E-state index < -0.39 is 0 Å². The standard InChI is InChI=1S/C17H26N4O4/c1-23-8-6-21-7-9-24-13-17(12-21)4-2-15(25-17)11-18-16(22)14-3-5-19-20-10-14/h3,5,10,15H,2,4,6-9,11-13H2,1H3,(H,18,22)/t15-,17-/m0/s1. The second kappa shape index (κ2) is 8.66. The first-order valence-electron chi connectivity index (χ1n) is 8.72. The highest BCUT2D eigenvalue weighted by molar-refractivity contribution is 5.93. The van der Waals surface area contributed by atoms with Crippen molar-refractivity contribution in [2.24, 2.45) is 0 Å². The second-order valence-electron chi connectivity index (χ2n) is 6.62. The lowest BCUT2D eigenvalue weighted by molar-refractivity contribution is -0.0851. The molecule has 8 nitrogen and oxygen atoms in total.